The van der Waals surface area contributed by atoms with Gasteiger partial charge in [0, 0.05) is 51.9 Å². The number of hydrogen-bond donors (Lipinski definition) is 2. The number of hydrogen-bond acceptors (Lipinski definition) is 10. The molecule has 1 atom stereocenters. The van der Waals surface area contributed by atoms with Crippen LogP contribution in [0.3, 0.4) is 0 Å². The van der Waals surface area contributed by atoms with Crippen LogP contribution in [-0.2, 0) is 26.1 Å². The summed E-state index contributed by atoms with van der Waals surface area (Å²) < 4.78 is 11.7. The molecule has 10 nitrogen and oxygen atoms in total. The van der Waals surface area contributed by atoms with Crippen molar-refractivity contribution in [2.24, 2.45) is 0 Å². The lowest BCUT2D eigenvalue weighted by Crippen LogP contribution is -2.50. The van der Waals surface area contributed by atoms with E-state index in [0.29, 0.717) is 31.0 Å². The van der Waals surface area contributed by atoms with Crippen molar-refractivity contribution in [3.63, 3.8) is 0 Å². The lowest BCUT2D eigenvalue weighted by molar-refractivity contribution is 0.291. The Hall–Kier alpha value is -5.06. The summed E-state index contributed by atoms with van der Waals surface area (Å²) in [5, 5.41) is 6.73. The molecule has 0 spiro atoms. The Morgan fingerprint density at radius 2 is 1.20 bits per heavy atom. The van der Waals surface area contributed by atoms with Gasteiger partial charge >= 0.3 is 0 Å². The third-order valence-corrected chi connectivity index (χ3v) is 8.69. The van der Waals surface area contributed by atoms with Gasteiger partial charge in [0.15, 0.2) is 11.6 Å². The number of benzene rings is 3. The van der Waals surface area contributed by atoms with Crippen molar-refractivity contribution in [1.29, 1.82) is 0 Å². The van der Waals surface area contributed by atoms with Crippen LogP contribution in [0.25, 0.3) is 0 Å². The SMILES string of the molecule is C[C@@H]1CNCCN1c1cncc(OCc2ccccc2)n1.c1ccc(CCc2ccccc2COc2cncc(N3CCNCC3)n2)cc1. The van der Waals surface area contributed by atoms with E-state index in [1.807, 2.05) is 36.5 Å². The molecule has 254 valence electrons. The Morgan fingerprint density at radius 1 is 0.612 bits per heavy atom. The molecule has 2 aliphatic heterocycles. The van der Waals surface area contributed by atoms with Crippen LogP contribution in [0.2, 0.25) is 0 Å². The monoisotopic (exact) mass is 658 g/mol. The van der Waals surface area contributed by atoms with Crippen LogP contribution in [0, 0.1) is 0 Å². The molecule has 0 unspecified atom stereocenters. The van der Waals surface area contributed by atoms with Gasteiger partial charge in [-0.25, -0.2) is 0 Å². The van der Waals surface area contributed by atoms with Crippen LogP contribution in [0.15, 0.2) is 110 Å². The van der Waals surface area contributed by atoms with Crippen LogP contribution in [0.1, 0.15) is 29.2 Å². The highest BCUT2D eigenvalue weighted by atomic mass is 16.5. The molecule has 3 aromatic carbocycles. The highest BCUT2D eigenvalue weighted by Gasteiger charge is 2.20. The second kappa shape index (κ2) is 17.9. The first-order valence-corrected chi connectivity index (χ1v) is 17.2. The Morgan fingerprint density at radius 3 is 1.92 bits per heavy atom. The molecule has 0 bridgehead atoms. The van der Waals surface area contributed by atoms with Crippen molar-refractivity contribution < 1.29 is 9.47 Å². The third-order valence-electron chi connectivity index (χ3n) is 8.69. The number of nitrogens with one attached hydrogen (secondary N) is 2. The minimum atomic E-state index is 0.414. The second-order valence-corrected chi connectivity index (χ2v) is 12.2. The average molecular weight is 659 g/mol. The van der Waals surface area contributed by atoms with Crippen molar-refractivity contribution in [3.05, 3.63) is 132 Å². The van der Waals surface area contributed by atoms with Crippen molar-refractivity contribution in [3.8, 4) is 11.8 Å². The zero-order valence-electron chi connectivity index (χ0n) is 28.2. The first-order valence-electron chi connectivity index (χ1n) is 17.2. The molecule has 2 aliphatic rings. The summed E-state index contributed by atoms with van der Waals surface area (Å²) in [5.74, 6) is 2.92. The van der Waals surface area contributed by atoms with Gasteiger partial charge in [0.05, 0.1) is 24.8 Å². The first-order chi connectivity index (χ1) is 24.2. The fourth-order valence-electron chi connectivity index (χ4n) is 5.93. The van der Waals surface area contributed by atoms with Crippen LogP contribution >= 0.6 is 0 Å². The maximum absolute atomic E-state index is 6.00. The van der Waals surface area contributed by atoms with Gasteiger partial charge in [-0.3, -0.25) is 9.97 Å². The van der Waals surface area contributed by atoms with Gasteiger partial charge in [0.2, 0.25) is 11.8 Å². The quantitative estimate of drug-likeness (QED) is 0.199. The van der Waals surface area contributed by atoms with Crippen molar-refractivity contribution in [2.45, 2.75) is 39.0 Å². The summed E-state index contributed by atoms with van der Waals surface area (Å²) in [6.45, 7) is 9.92. The third kappa shape index (κ3) is 10.2. The molecule has 2 aromatic heterocycles. The summed E-state index contributed by atoms with van der Waals surface area (Å²) >= 11 is 0. The highest BCUT2D eigenvalue weighted by Crippen LogP contribution is 2.20. The molecule has 2 saturated heterocycles. The van der Waals surface area contributed by atoms with E-state index >= 15 is 0 Å². The molecule has 0 aliphatic carbocycles. The summed E-state index contributed by atoms with van der Waals surface area (Å²) in [6, 6.07) is 29.6. The normalized spacial score (nSPS) is 16.0. The molecule has 5 aromatic rings. The molecular formula is C39H46N8O2. The number of aromatic nitrogens is 4. The predicted molar refractivity (Wildman–Crippen MR) is 194 cm³/mol. The van der Waals surface area contributed by atoms with E-state index in [4.69, 9.17) is 9.47 Å². The molecule has 2 N–H and O–H groups in total. The van der Waals surface area contributed by atoms with Gasteiger partial charge in [-0.15, -0.1) is 0 Å². The second-order valence-electron chi connectivity index (χ2n) is 12.2. The summed E-state index contributed by atoms with van der Waals surface area (Å²) in [7, 11) is 0. The van der Waals surface area contributed by atoms with Crippen LogP contribution in [0.5, 0.6) is 11.8 Å². The minimum absolute atomic E-state index is 0.414. The summed E-state index contributed by atoms with van der Waals surface area (Å²) in [6.07, 6.45) is 8.99. The Bertz CT molecular complexity index is 1700. The van der Waals surface area contributed by atoms with E-state index in [0.717, 1.165) is 75.9 Å². The van der Waals surface area contributed by atoms with Gasteiger partial charge in [-0.1, -0.05) is 84.9 Å². The molecule has 0 amide bonds. The minimum Gasteiger partial charge on any atom is -0.472 e. The zero-order chi connectivity index (χ0) is 33.5. The van der Waals surface area contributed by atoms with Crippen LogP contribution < -0.4 is 29.9 Å². The van der Waals surface area contributed by atoms with Crippen LogP contribution in [0.4, 0.5) is 11.6 Å². The summed E-state index contributed by atoms with van der Waals surface area (Å²) in [4.78, 5) is 22.3. The molecule has 0 radical (unpaired) electrons. The Labute approximate surface area is 289 Å². The van der Waals surface area contributed by atoms with E-state index in [1.165, 1.54) is 16.7 Å². The lowest BCUT2D eigenvalue weighted by atomic mass is 10.0. The van der Waals surface area contributed by atoms with Crippen molar-refractivity contribution in [2.75, 3.05) is 55.6 Å². The van der Waals surface area contributed by atoms with Crippen molar-refractivity contribution in [1.82, 2.24) is 30.6 Å². The van der Waals surface area contributed by atoms with E-state index in [1.54, 1.807) is 18.6 Å². The topological polar surface area (TPSA) is 101 Å². The van der Waals surface area contributed by atoms with E-state index in [-0.39, 0.29) is 0 Å². The molecule has 0 saturated carbocycles. The van der Waals surface area contributed by atoms with Gasteiger partial charge in [0.25, 0.3) is 0 Å². The number of nitrogens with zero attached hydrogens (tertiary/aromatic N) is 6. The van der Waals surface area contributed by atoms with E-state index < -0.39 is 0 Å². The van der Waals surface area contributed by atoms with Gasteiger partial charge in [-0.2, -0.15) is 9.97 Å². The molecule has 49 heavy (non-hydrogen) atoms. The molecule has 2 fully saturated rings. The standard InChI is InChI=1S/C23H26N4O.C16H20N4O/c1-2-6-19(7-3-1)10-11-20-8-4-5-9-21(20)18-28-23-17-25-16-22(26-23)27-14-12-24-13-15-27;1-13-9-17-7-8-20(13)15-10-18-11-16(19-15)21-12-14-5-3-2-4-6-14/h1-9,16-17,24H,10-15,18H2;2-6,10-11,13,17H,7-9,12H2,1H3/t;13-/m.1/s1. The largest absolute Gasteiger partial charge is 0.472 e. The van der Waals surface area contributed by atoms with Crippen LogP contribution in [-0.4, -0.2) is 71.8 Å². The number of rotatable bonds is 11. The summed E-state index contributed by atoms with van der Waals surface area (Å²) in [5.41, 5.74) is 5.00. The fourth-order valence-corrected chi connectivity index (χ4v) is 5.93. The maximum Gasteiger partial charge on any atom is 0.234 e. The lowest BCUT2D eigenvalue weighted by Gasteiger charge is -2.34. The van der Waals surface area contributed by atoms with Gasteiger partial charge in [0.1, 0.15) is 13.2 Å². The number of aryl methyl sites for hydroxylation is 2. The molecule has 10 heteroatoms. The molecule has 7 rings (SSSR count). The zero-order valence-corrected chi connectivity index (χ0v) is 28.2. The van der Waals surface area contributed by atoms with Crippen molar-refractivity contribution >= 4 is 11.6 Å². The highest BCUT2D eigenvalue weighted by molar-refractivity contribution is 5.40. The molecular weight excluding hydrogens is 612 g/mol. The smallest absolute Gasteiger partial charge is 0.234 e. The first kappa shape index (κ1) is 33.8. The number of ether oxygens (including phenoxy) is 2. The number of piperazine rings is 2. The van der Waals surface area contributed by atoms with Gasteiger partial charge in [-0.05, 0) is 42.0 Å². The Kier molecular flexibility index (Phi) is 12.4. The maximum atomic E-state index is 6.00. The number of anilines is 2. The fraction of sp³-hybridized carbons (Fsp3) is 0.333. The Balaban J connectivity index is 0.000000177. The average Bonchev–Trinajstić information content (AvgIpc) is 3.17. The van der Waals surface area contributed by atoms with E-state index in [2.05, 4.69) is 102 Å². The predicted octanol–water partition coefficient (Wildman–Crippen LogP) is 5.10. The van der Waals surface area contributed by atoms with E-state index in [9.17, 15) is 0 Å². The molecule has 4 heterocycles. The van der Waals surface area contributed by atoms with Gasteiger partial charge < -0.3 is 29.9 Å².